The molecule has 0 saturated carbocycles. The second-order valence-electron chi connectivity index (χ2n) is 4.16. The molecule has 1 fully saturated rings. The Labute approximate surface area is 100 Å². The molecule has 0 aromatic heterocycles. The first kappa shape index (κ1) is 11.9. The van der Waals surface area contributed by atoms with Gasteiger partial charge in [0.15, 0.2) is 5.79 Å². The monoisotopic (exact) mass is 241 g/mol. The highest BCUT2D eigenvalue weighted by atomic mass is 35.5. The number of rotatable bonds is 3. The van der Waals surface area contributed by atoms with Crippen LogP contribution in [0.25, 0.3) is 0 Å². The van der Waals surface area contributed by atoms with Gasteiger partial charge in [0.1, 0.15) is 0 Å². The third-order valence-electron chi connectivity index (χ3n) is 2.79. The van der Waals surface area contributed by atoms with E-state index >= 15 is 0 Å². The Hall–Kier alpha value is -0.610. The Morgan fingerprint density at radius 2 is 2.00 bits per heavy atom. The SMILES string of the molecule is CC1(CC(N)c2ccccc2Cl)OCCO1. The van der Waals surface area contributed by atoms with Crippen molar-refractivity contribution in [3.05, 3.63) is 34.9 Å². The van der Waals surface area contributed by atoms with Gasteiger partial charge in [-0.25, -0.2) is 0 Å². The van der Waals surface area contributed by atoms with Crippen molar-refractivity contribution in [2.24, 2.45) is 5.73 Å². The van der Waals surface area contributed by atoms with Crippen molar-refractivity contribution in [1.82, 2.24) is 0 Å². The zero-order valence-corrected chi connectivity index (χ0v) is 10.0. The molecule has 16 heavy (non-hydrogen) atoms. The Morgan fingerprint density at radius 3 is 2.62 bits per heavy atom. The molecule has 1 aliphatic heterocycles. The van der Waals surface area contributed by atoms with Gasteiger partial charge in [-0.2, -0.15) is 0 Å². The molecule has 1 unspecified atom stereocenters. The molecular formula is C12H16ClNO2. The molecule has 88 valence electrons. The highest BCUT2D eigenvalue weighted by molar-refractivity contribution is 6.31. The Balaban J connectivity index is 2.08. The van der Waals surface area contributed by atoms with E-state index in [0.717, 1.165) is 5.56 Å². The summed E-state index contributed by atoms with van der Waals surface area (Å²) in [5.74, 6) is -0.571. The molecule has 2 rings (SSSR count). The summed E-state index contributed by atoms with van der Waals surface area (Å²) in [6, 6.07) is 7.43. The maximum Gasteiger partial charge on any atom is 0.167 e. The summed E-state index contributed by atoms with van der Waals surface area (Å²) in [6.45, 7) is 3.17. The molecule has 1 atom stereocenters. The summed E-state index contributed by atoms with van der Waals surface area (Å²) in [5.41, 5.74) is 7.05. The summed E-state index contributed by atoms with van der Waals surface area (Å²) in [7, 11) is 0. The molecule has 0 bridgehead atoms. The van der Waals surface area contributed by atoms with Crippen LogP contribution in [-0.2, 0) is 9.47 Å². The predicted octanol–water partition coefficient (Wildman–Crippen LogP) is 2.49. The Kier molecular flexibility index (Phi) is 3.50. The maximum absolute atomic E-state index is 6.12. The standard InChI is InChI=1S/C12H16ClNO2/c1-12(15-6-7-16-12)8-11(14)9-4-2-3-5-10(9)13/h2-5,11H,6-8,14H2,1H3. The lowest BCUT2D eigenvalue weighted by atomic mass is 10.0. The fourth-order valence-electron chi connectivity index (χ4n) is 1.96. The zero-order chi connectivity index (χ0) is 11.6. The van der Waals surface area contributed by atoms with Gasteiger partial charge in [0, 0.05) is 17.5 Å². The lowest BCUT2D eigenvalue weighted by Crippen LogP contribution is -2.31. The summed E-state index contributed by atoms with van der Waals surface area (Å²) >= 11 is 6.09. The third kappa shape index (κ3) is 2.55. The van der Waals surface area contributed by atoms with Crippen LogP contribution in [0.3, 0.4) is 0 Å². The van der Waals surface area contributed by atoms with Crippen LogP contribution in [0.2, 0.25) is 5.02 Å². The van der Waals surface area contributed by atoms with Crippen molar-refractivity contribution in [3.63, 3.8) is 0 Å². The molecular weight excluding hydrogens is 226 g/mol. The number of benzene rings is 1. The lowest BCUT2D eigenvalue weighted by Gasteiger charge is -2.26. The maximum atomic E-state index is 6.12. The van der Waals surface area contributed by atoms with E-state index in [2.05, 4.69) is 0 Å². The Morgan fingerprint density at radius 1 is 1.38 bits per heavy atom. The predicted molar refractivity (Wildman–Crippen MR) is 63.3 cm³/mol. The van der Waals surface area contributed by atoms with Crippen LogP contribution in [0.5, 0.6) is 0 Å². The minimum absolute atomic E-state index is 0.170. The van der Waals surface area contributed by atoms with E-state index in [0.29, 0.717) is 24.7 Å². The second-order valence-corrected chi connectivity index (χ2v) is 4.57. The molecule has 4 heteroatoms. The molecule has 1 aromatic rings. The van der Waals surface area contributed by atoms with Gasteiger partial charge in [0.05, 0.1) is 13.2 Å². The van der Waals surface area contributed by atoms with Crippen LogP contribution in [0.4, 0.5) is 0 Å². The number of nitrogens with two attached hydrogens (primary N) is 1. The topological polar surface area (TPSA) is 44.5 Å². The van der Waals surface area contributed by atoms with Crippen molar-refractivity contribution < 1.29 is 9.47 Å². The summed E-state index contributed by atoms with van der Waals surface area (Å²) in [4.78, 5) is 0. The smallest absolute Gasteiger partial charge is 0.167 e. The van der Waals surface area contributed by atoms with E-state index in [-0.39, 0.29) is 6.04 Å². The van der Waals surface area contributed by atoms with Crippen LogP contribution >= 0.6 is 11.6 Å². The highest BCUT2D eigenvalue weighted by Gasteiger charge is 2.33. The summed E-state index contributed by atoms with van der Waals surface area (Å²) in [6.07, 6.45) is 0.608. The number of hydrogen-bond donors (Lipinski definition) is 1. The van der Waals surface area contributed by atoms with Crippen LogP contribution in [0, 0.1) is 0 Å². The molecule has 1 aliphatic rings. The molecule has 0 amide bonds. The van der Waals surface area contributed by atoms with Gasteiger partial charge in [0.25, 0.3) is 0 Å². The number of ether oxygens (including phenoxy) is 2. The Bertz CT molecular complexity index is 364. The molecule has 0 radical (unpaired) electrons. The fraction of sp³-hybridized carbons (Fsp3) is 0.500. The highest BCUT2D eigenvalue weighted by Crippen LogP contribution is 2.31. The van der Waals surface area contributed by atoms with Crippen LogP contribution in [0.1, 0.15) is 24.9 Å². The summed E-state index contributed by atoms with van der Waals surface area (Å²) < 4.78 is 11.1. The number of halogens is 1. The molecule has 1 heterocycles. The molecule has 3 nitrogen and oxygen atoms in total. The fourth-order valence-corrected chi connectivity index (χ4v) is 2.24. The first-order valence-corrected chi connectivity index (χ1v) is 5.76. The van der Waals surface area contributed by atoms with Gasteiger partial charge >= 0.3 is 0 Å². The summed E-state index contributed by atoms with van der Waals surface area (Å²) in [5, 5.41) is 0.691. The molecule has 1 saturated heterocycles. The van der Waals surface area contributed by atoms with E-state index in [4.69, 9.17) is 26.8 Å². The minimum atomic E-state index is -0.571. The number of hydrogen-bond acceptors (Lipinski definition) is 3. The molecule has 2 N–H and O–H groups in total. The minimum Gasteiger partial charge on any atom is -0.348 e. The zero-order valence-electron chi connectivity index (χ0n) is 9.28. The van der Waals surface area contributed by atoms with E-state index < -0.39 is 5.79 Å². The normalized spacial score (nSPS) is 20.9. The van der Waals surface area contributed by atoms with Gasteiger partial charge in [-0.15, -0.1) is 0 Å². The van der Waals surface area contributed by atoms with Gasteiger partial charge < -0.3 is 15.2 Å². The van der Waals surface area contributed by atoms with E-state index in [1.54, 1.807) is 0 Å². The largest absolute Gasteiger partial charge is 0.348 e. The third-order valence-corrected chi connectivity index (χ3v) is 3.14. The van der Waals surface area contributed by atoms with Gasteiger partial charge in [-0.1, -0.05) is 29.8 Å². The molecule has 1 aromatic carbocycles. The van der Waals surface area contributed by atoms with Crippen LogP contribution in [-0.4, -0.2) is 19.0 Å². The average molecular weight is 242 g/mol. The van der Waals surface area contributed by atoms with Crippen LogP contribution < -0.4 is 5.73 Å². The van der Waals surface area contributed by atoms with Crippen molar-refractivity contribution in [3.8, 4) is 0 Å². The molecule has 0 aliphatic carbocycles. The van der Waals surface area contributed by atoms with Crippen molar-refractivity contribution in [1.29, 1.82) is 0 Å². The van der Waals surface area contributed by atoms with Crippen molar-refractivity contribution in [2.45, 2.75) is 25.2 Å². The first-order chi connectivity index (χ1) is 7.61. The van der Waals surface area contributed by atoms with Gasteiger partial charge in [0.2, 0.25) is 0 Å². The van der Waals surface area contributed by atoms with E-state index in [1.165, 1.54) is 0 Å². The van der Waals surface area contributed by atoms with Crippen molar-refractivity contribution >= 4 is 11.6 Å². The van der Waals surface area contributed by atoms with E-state index in [9.17, 15) is 0 Å². The molecule has 0 spiro atoms. The lowest BCUT2D eigenvalue weighted by molar-refractivity contribution is -0.150. The van der Waals surface area contributed by atoms with Gasteiger partial charge in [-0.05, 0) is 18.6 Å². The quantitative estimate of drug-likeness (QED) is 0.884. The van der Waals surface area contributed by atoms with Crippen molar-refractivity contribution in [2.75, 3.05) is 13.2 Å². The second kappa shape index (κ2) is 4.72. The van der Waals surface area contributed by atoms with Gasteiger partial charge in [-0.3, -0.25) is 0 Å². The van der Waals surface area contributed by atoms with E-state index in [1.807, 2.05) is 31.2 Å². The average Bonchev–Trinajstić information content (AvgIpc) is 2.65. The van der Waals surface area contributed by atoms with Crippen LogP contribution in [0.15, 0.2) is 24.3 Å². The first-order valence-electron chi connectivity index (χ1n) is 5.39.